The van der Waals surface area contributed by atoms with Gasteiger partial charge in [0.15, 0.2) is 0 Å². The first kappa shape index (κ1) is 10.1. The third kappa shape index (κ3) is 2.16. The van der Waals surface area contributed by atoms with Gasteiger partial charge in [-0.1, -0.05) is 18.2 Å². The van der Waals surface area contributed by atoms with Crippen molar-refractivity contribution in [2.24, 2.45) is 5.73 Å². The lowest BCUT2D eigenvalue weighted by Gasteiger charge is -2.15. The Balaban J connectivity index is 2.08. The van der Waals surface area contributed by atoms with Crippen LogP contribution in [-0.4, -0.2) is 21.4 Å². The van der Waals surface area contributed by atoms with Gasteiger partial charge < -0.3 is 10.8 Å². The highest BCUT2D eigenvalue weighted by Gasteiger charge is 2.10. The van der Waals surface area contributed by atoms with E-state index in [0.29, 0.717) is 6.54 Å². The molecule has 0 bridgehead atoms. The number of aromatic nitrogens is 2. The van der Waals surface area contributed by atoms with Crippen molar-refractivity contribution in [3.63, 3.8) is 0 Å². The molecule has 0 aromatic carbocycles. The maximum atomic E-state index is 8.93. The molecule has 1 unspecified atom stereocenters. The summed E-state index contributed by atoms with van der Waals surface area (Å²) in [7, 11) is 0. The van der Waals surface area contributed by atoms with Crippen molar-refractivity contribution in [1.82, 2.24) is 9.78 Å². The predicted octanol–water partition coefficient (Wildman–Crippen LogP) is 0.762. The Morgan fingerprint density at radius 3 is 3.00 bits per heavy atom. The molecule has 0 spiro atoms. The van der Waals surface area contributed by atoms with Crippen LogP contribution in [0.1, 0.15) is 18.0 Å². The fraction of sp³-hybridized carbons (Fsp3) is 0.364. The van der Waals surface area contributed by atoms with E-state index in [2.05, 4.69) is 17.3 Å². The average molecular weight is 205 g/mol. The minimum Gasteiger partial charge on any atom is -0.392 e. The second-order valence-electron chi connectivity index (χ2n) is 3.63. The molecule has 0 amide bonds. The van der Waals surface area contributed by atoms with Crippen LogP contribution in [-0.2, 0) is 6.61 Å². The number of aliphatic hydroxyl groups excluding tert-OH is 1. The molecular weight excluding hydrogens is 190 g/mol. The lowest BCUT2D eigenvalue weighted by molar-refractivity contribution is 0.281. The first-order valence-electron chi connectivity index (χ1n) is 5.04. The summed E-state index contributed by atoms with van der Waals surface area (Å²) in [4.78, 5) is 0. The topological polar surface area (TPSA) is 64.1 Å². The van der Waals surface area contributed by atoms with Gasteiger partial charge in [0.05, 0.1) is 18.8 Å². The summed E-state index contributed by atoms with van der Waals surface area (Å²) >= 11 is 0. The number of nitrogens with two attached hydrogens (primary N) is 1. The summed E-state index contributed by atoms with van der Waals surface area (Å²) in [5.41, 5.74) is 7.55. The monoisotopic (exact) mass is 205 g/mol. The molecule has 0 saturated carbocycles. The number of rotatable bonds is 3. The molecule has 1 aliphatic rings. The molecule has 0 fully saturated rings. The van der Waals surface area contributed by atoms with E-state index in [9.17, 15) is 0 Å². The third-order valence-corrected chi connectivity index (χ3v) is 2.57. The molecular formula is C11H15N3O. The van der Waals surface area contributed by atoms with Gasteiger partial charge in [0, 0.05) is 18.3 Å². The maximum absolute atomic E-state index is 8.93. The number of nitrogens with zero attached hydrogens (tertiary/aromatic N) is 2. The minimum atomic E-state index is 0.0420. The lowest BCUT2D eigenvalue weighted by atomic mass is 10.0. The van der Waals surface area contributed by atoms with Crippen LogP contribution in [0, 0.1) is 0 Å². The van der Waals surface area contributed by atoms with Crippen molar-refractivity contribution >= 4 is 0 Å². The zero-order valence-corrected chi connectivity index (χ0v) is 8.50. The van der Waals surface area contributed by atoms with Crippen LogP contribution >= 0.6 is 0 Å². The number of hydrogen-bond donors (Lipinski definition) is 2. The average Bonchev–Trinajstić information content (AvgIpc) is 2.78. The smallest absolute Gasteiger partial charge is 0.0737 e. The highest BCUT2D eigenvalue weighted by molar-refractivity contribution is 5.25. The molecule has 3 N–H and O–H groups in total. The summed E-state index contributed by atoms with van der Waals surface area (Å²) < 4.78 is 1.87. The van der Waals surface area contributed by atoms with Crippen LogP contribution in [0.15, 0.2) is 36.2 Å². The van der Waals surface area contributed by atoms with Gasteiger partial charge in [-0.3, -0.25) is 4.68 Å². The molecule has 1 heterocycles. The van der Waals surface area contributed by atoms with Crippen molar-refractivity contribution in [3.05, 3.63) is 41.8 Å². The van der Waals surface area contributed by atoms with E-state index >= 15 is 0 Å². The fourth-order valence-corrected chi connectivity index (χ4v) is 1.64. The summed E-state index contributed by atoms with van der Waals surface area (Å²) in [6, 6.07) is 0.251. The quantitative estimate of drug-likeness (QED) is 0.765. The van der Waals surface area contributed by atoms with Gasteiger partial charge in [0.2, 0.25) is 0 Å². The third-order valence-electron chi connectivity index (χ3n) is 2.57. The summed E-state index contributed by atoms with van der Waals surface area (Å²) in [6.45, 7) is 0.630. The first-order valence-corrected chi connectivity index (χ1v) is 5.04. The van der Waals surface area contributed by atoms with E-state index in [1.54, 1.807) is 6.20 Å². The van der Waals surface area contributed by atoms with Gasteiger partial charge >= 0.3 is 0 Å². The first-order chi connectivity index (χ1) is 7.33. The second-order valence-corrected chi connectivity index (χ2v) is 3.63. The Hall–Kier alpha value is -1.39. The summed E-state index contributed by atoms with van der Waals surface area (Å²) in [5.74, 6) is 0. The van der Waals surface area contributed by atoms with Crippen molar-refractivity contribution in [2.45, 2.75) is 19.1 Å². The van der Waals surface area contributed by atoms with Crippen LogP contribution < -0.4 is 5.73 Å². The van der Waals surface area contributed by atoms with Crippen molar-refractivity contribution in [1.29, 1.82) is 0 Å². The number of aliphatic hydroxyl groups is 1. The Bertz CT molecular complexity index is 392. The molecule has 0 aliphatic heterocycles. The molecule has 80 valence electrons. The van der Waals surface area contributed by atoms with Gasteiger partial charge in [-0.15, -0.1) is 0 Å². The van der Waals surface area contributed by atoms with E-state index < -0.39 is 0 Å². The van der Waals surface area contributed by atoms with Crippen LogP contribution in [0.4, 0.5) is 0 Å². The van der Waals surface area contributed by atoms with Gasteiger partial charge in [0.1, 0.15) is 0 Å². The van der Waals surface area contributed by atoms with Gasteiger partial charge in [-0.2, -0.15) is 5.10 Å². The van der Waals surface area contributed by atoms with Crippen LogP contribution in [0.3, 0.4) is 0 Å². The molecule has 1 aliphatic carbocycles. The van der Waals surface area contributed by atoms with Crippen molar-refractivity contribution in [2.75, 3.05) is 6.54 Å². The van der Waals surface area contributed by atoms with E-state index in [0.717, 1.165) is 12.0 Å². The molecule has 1 atom stereocenters. The van der Waals surface area contributed by atoms with Gasteiger partial charge in [-0.05, 0) is 12.0 Å². The van der Waals surface area contributed by atoms with Gasteiger partial charge in [-0.25, -0.2) is 0 Å². The maximum Gasteiger partial charge on any atom is 0.0737 e. The van der Waals surface area contributed by atoms with Crippen molar-refractivity contribution in [3.8, 4) is 0 Å². The van der Waals surface area contributed by atoms with E-state index in [1.807, 2.05) is 17.0 Å². The Morgan fingerprint density at radius 1 is 1.60 bits per heavy atom. The molecule has 0 radical (unpaired) electrons. The predicted molar refractivity (Wildman–Crippen MR) is 58.1 cm³/mol. The molecule has 2 rings (SSSR count). The Labute approximate surface area is 88.7 Å². The molecule has 1 aromatic heterocycles. The normalized spacial score (nSPS) is 20.4. The Morgan fingerprint density at radius 2 is 2.47 bits per heavy atom. The Kier molecular flexibility index (Phi) is 2.99. The highest BCUT2D eigenvalue weighted by atomic mass is 16.3. The van der Waals surface area contributed by atoms with Crippen LogP contribution in [0.2, 0.25) is 0 Å². The van der Waals surface area contributed by atoms with Gasteiger partial charge in [0.25, 0.3) is 0 Å². The zero-order chi connectivity index (χ0) is 10.7. The SMILES string of the molecule is NCC1=CCC(n2cc(CO)cn2)C=C1. The largest absolute Gasteiger partial charge is 0.392 e. The van der Waals surface area contributed by atoms with Crippen LogP contribution in [0.5, 0.6) is 0 Å². The fourth-order valence-electron chi connectivity index (χ4n) is 1.64. The van der Waals surface area contributed by atoms with Crippen LogP contribution in [0.25, 0.3) is 0 Å². The van der Waals surface area contributed by atoms with Crippen molar-refractivity contribution < 1.29 is 5.11 Å². The lowest BCUT2D eigenvalue weighted by Crippen LogP contribution is -2.11. The van der Waals surface area contributed by atoms with E-state index in [-0.39, 0.29) is 12.6 Å². The standard InChI is InChI=1S/C11H15N3O/c12-5-9-1-3-11(4-2-9)14-7-10(8-15)6-13-14/h1-3,6-7,11,15H,4-5,8,12H2. The number of allylic oxidation sites excluding steroid dienone is 2. The summed E-state index contributed by atoms with van der Waals surface area (Å²) in [5, 5.41) is 13.1. The molecule has 4 heteroatoms. The highest BCUT2D eigenvalue weighted by Crippen LogP contribution is 2.20. The molecule has 1 aromatic rings. The summed E-state index contributed by atoms with van der Waals surface area (Å²) in [6.07, 6.45) is 10.7. The van der Waals surface area contributed by atoms with E-state index in [4.69, 9.17) is 10.8 Å². The minimum absolute atomic E-state index is 0.0420. The zero-order valence-electron chi connectivity index (χ0n) is 8.50. The molecule has 4 nitrogen and oxygen atoms in total. The van der Waals surface area contributed by atoms with E-state index in [1.165, 1.54) is 5.57 Å². The second kappa shape index (κ2) is 4.42. The molecule has 0 saturated heterocycles. The number of hydrogen-bond acceptors (Lipinski definition) is 3. The molecule has 15 heavy (non-hydrogen) atoms.